The standard InChI is InChI=1S/C14H17NO3/c1-10-3-2-8-15(13(10)16)9-11-4-6-12(7-5-11)14(17)18/h4-7,10H,2-3,8-9H2,1H3,(H,17,18). The van der Waals surface area contributed by atoms with Gasteiger partial charge >= 0.3 is 5.97 Å². The summed E-state index contributed by atoms with van der Waals surface area (Å²) < 4.78 is 0. The minimum atomic E-state index is -0.927. The van der Waals surface area contributed by atoms with Crippen molar-refractivity contribution >= 4 is 11.9 Å². The van der Waals surface area contributed by atoms with Gasteiger partial charge in [0.2, 0.25) is 5.91 Å². The van der Waals surface area contributed by atoms with Crippen molar-refractivity contribution in [3.05, 3.63) is 35.4 Å². The summed E-state index contributed by atoms with van der Waals surface area (Å²) in [5, 5.41) is 8.81. The molecule has 96 valence electrons. The number of aromatic carboxylic acids is 1. The first kappa shape index (κ1) is 12.6. The topological polar surface area (TPSA) is 57.6 Å². The van der Waals surface area contributed by atoms with Crippen LogP contribution in [0.3, 0.4) is 0 Å². The van der Waals surface area contributed by atoms with Crippen molar-refractivity contribution < 1.29 is 14.7 Å². The fourth-order valence-electron chi connectivity index (χ4n) is 2.26. The molecular formula is C14H17NO3. The molecule has 1 heterocycles. The van der Waals surface area contributed by atoms with Crippen LogP contribution >= 0.6 is 0 Å². The summed E-state index contributed by atoms with van der Waals surface area (Å²) in [6.07, 6.45) is 2.01. The summed E-state index contributed by atoms with van der Waals surface area (Å²) in [7, 11) is 0. The van der Waals surface area contributed by atoms with Crippen LogP contribution in [0.25, 0.3) is 0 Å². The second-order valence-electron chi connectivity index (χ2n) is 4.81. The maximum Gasteiger partial charge on any atom is 0.335 e. The predicted molar refractivity (Wildman–Crippen MR) is 67.2 cm³/mol. The van der Waals surface area contributed by atoms with Crippen LogP contribution < -0.4 is 0 Å². The van der Waals surface area contributed by atoms with E-state index in [1.807, 2.05) is 11.8 Å². The number of carboxylic acid groups (broad SMARTS) is 1. The number of likely N-dealkylation sites (tertiary alicyclic amines) is 1. The van der Waals surface area contributed by atoms with Crippen molar-refractivity contribution in [2.45, 2.75) is 26.3 Å². The van der Waals surface area contributed by atoms with Gasteiger partial charge in [-0.05, 0) is 30.5 Å². The highest BCUT2D eigenvalue weighted by molar-refractivity contribution is 5.87. The number of carbonyl (C=O) groups is 2. The zero-order valence-electron chi connectivity index (χ0n) is 10.4. The van der Waals surface area contributed by atoms with Gasteiger partial charge in [0.15, 0.2) is 0 Å². The van der Waals surface area contributed by atoms with E-state index in [1.165, 1.54) is 0 Å². The van der Waals surface area contributed by atoms with E-state index in [4.69, 9.17) is 5.11 Å². The van der Waals surface area contributed by atoms with Gasteiger partial charge in [-0.1, -0.05) is 19.1 Å². The average Bonchev–Trinajstić information content (AvgIpc) is 2.36. The van der Waals surface area contributed by atoms with E-state index in [1.54, 1.807) is 24.3 Å². The molecule has 1 atom stereocenters. The van der Waals surface area contributed by atoms with Gasteiger partial charge in [-0.3, -0.25) is 4.79 Å². The number of benzene rings is 1. The van der Waals surface area contributed by atoms with E-state index in [0.29, 0.717) is 6.54 Å². The fourth-order valence-corrected chi connectivity index (χ4v) is 2.26. The van der Waals surface area contributed by atoms with E-state index < -0.39 is 5.97 Å². The highest BCUT2D eigenvalue weighted by atomic mass is 16.4. The summed E-state index contributed by atoms with van der Waals surface area (Å²) >= 11 is 0. The SMILES string of the molecule is CC1CCCN(Cc2ccc(C(=O)O)cc2)C1=O. The van der Waals surface area contributed by atoms with Crippen LogP contribution in [0.1, 0.15) is 35.7 Å². The van der Waals surface area contributed by atoms with E-state index in [-0.39, 0.29) is 17.4 Å². The van der Waals surface area contributed by atoms with Crippen LogP contribution in [0.15, 0.2) is 24.3 Å². The van der Waals surface area contributed by atoms with E-state index in [2.05, 4.69) is 0 Å². The first-order valence-electron chi connectivity index (χ1n) is 6.19. The van der Waals surface area contributed by atoms with Crippen LogP contribution in [0.2, 0.25) is 0 Å². The summed E-state index contributed by atoms with van der Waals surface area (Å²) in [6.45, 7) is 3.33. The second kappa shape index (κ2) is 5.21. The van der Waals surface area contributed by atoms with Crippen molar-refractivity contribution in [3.63, 3.8) is 0 Å². The number of hydrogen-bond acceptors (Lipinski definition) is 2. The first-order chi connectivity index (χ1) is 8.58. The van der Waals surface area contributed by atoms with Crippen LogP contribution in [0, 0.1) is 5.92 Å². The quantitative estimate of drug-likeness (QED) is 0.890. The third-order valence-electron chi connectivity index (χ3n) is 3.37. The number of rotatable bonds is 3. The van der Waals surface area contributed by atoms with Crippen LogP contribution in [-0.4, -0.2) is 28.4 Å². The van der Waals surface area contributed by atoms with Gasteiger partial charge in [0.25, 0.3) is 0 Å². The molecule has 4 heteroatoms. The zero-order chi connectivity index (χ0) is 13.1. The Morgan fingerprint density at radius 3 is 2.67 bits per heavy atom. The number of hydrogen-bond donors (Lipinski definition) is 1. The molecule has 0 aromatic heterocycles. The monoisotopic (exact) mass is 247 g/mol. The molecule has 1 N–H and O–H groups in total. The first-order valence-corrected chi connectivity index (χ1v) is 6.19. The molecule has 18 heavy (non-hydrogen) atoms. The third kappa shape index (κ3) is 2.70. The summed E-state index contributed by atoms with van der Waals surface area (Å²) in [5.74, 6) is -0.621. The molecular weight excluding hydrogens is 230 g/mol. The summed E-state index contributed by atoms with van der Waals surface area (Å²) in [4.78, 5) is 24.5. The zero-order valence-corrected chi connectivity index (χ0v) is 10.4. The lowest BCUT2D eigenvalue weighted by Crippen LogP contribution is -2.39. The molecule has 0 aliphatic carbocycles. The molecule has 0 bridgehead atoms. The molecule has 1 amide bonds. The Labute approximate surface area is 106 Å². The molecule has 1 aromatic carbocycles. The molecule has 4 nitrogen and oxygen atoms in total. The highest BCUT2D eigenvalue weighted by Gasteiger charge is 2.24. The highest BCUT2D eigenvalue weighted by Crippen LogP contribution is 2.19. The van der Waals surface area contributed by atoms with Gasteiger partial charge in [0.1, 0.15) is 0 Å². The fraction of sp³-hybridized carbons (Fsp3) is 0.429. The van der Waals surface area contributed by atoms with Gasteiger partial charge in [-0.15, -0.1) is 0 Å². The molecule has 1 unspecified atom stereocenters. The van der Waals surface area contributed by atoms with Gasteiger partial charge in [-0.2, -0.15) is 0 Å². The maximum absolute atomic E-state index is 11.9. The molecule has 1 saturated heterocycles. The van der Waals surface area contributed by atoms with Crippen LogP contribution in [0.4, 0.5) is 0 Å². The lowest BCUT2D eigenvalue weighted by Gasteiger charge is -2.30. The predicted octanol–water partition coefficient (Wildman–Crippen LogP) is 2.14. The van der Waals surface area contributed by atoms with Crippen molar-refractivity contribution in [1.29, 1.82) is 0 Å². The number of nitrogens with zero attached hydrogens (tertiary/aromatic N) is 1. The van der Waals surface area contributed by atoms with E-state index in [9.17, 15) is 9.59 Å². The number of piperidine rings is 1. The Kier molecular flexibility index (Phi) is 3.65. The molecule has 1 fully saturated rings. The van der Waals surface area contributed by atoms with Crippen molar-refractivity contribution in [1.82, 2.24) is 4.90 Å². The van der Waals surface area contributed by atoms with E-state index >= 15 is 0 Å². The minimum absolute atomic E-state index is 0.108. The number of amides is 1. The Balaban J connectivity index is 2.04. The summed E-state index contributed by atoms with van der Waals surface area (Å²) in [6, 6.07) is 6.71. The molecule has 0 radical (unpaired) electrons. The largest absolute Gasteiger partial charge is 0.478 e. The second-order valence-corrected chi connectivity index (χ2v) is 4.81. The Bertz CT molecular complexity index is 453. The Morgan fingerprint density at radius 2 is 2.06 bits per heavy atom. The molecule has 1 aliphatic heterocycles. The van der Waals surface area contributed by atoms with E-state index in [0.717, 1.165) is 24.9 Å². The number of carbonyl (C=O) groups excluding carboxylic acids is 1. The Morgan fingerprint density at radius 1 is 1.39 bits per heavy atom. The van der Waals surface area contributed by atoms with Gasteiger partial charge in [-0.25, -0.2) is 4.79 Å². The van der Waals surface area contributed by atoms with Crippen LogP contribution in [-0.2, 0) is 11.3 Å². The Hall–Kier alpha value is -1.84. The normalized spacial score (nSPS) is 19.9. The molecule has 1 aliphatic rings. The molecule has 0 saturated carbocycles. The third-order valence-corrected chi connectivity index (χ3v) is 3.37. The number of carboxylic acids is 1. The lowest BCUT2D eigenvalue weighted by molar-refractivity contribution is -0.138. The van der Waals surface area contributed by atoms with Crippen molar-refractivity contribution in [2.24, 2.45) is 5.92 Å². The molecule has 2 rings (SSSR count). The van der Waals surface area contributed by atoms with Gasteiger partial charge < -0.3 is 10.0 Å². The average molecular weight is 247 g/mol. The van der Waals surface area contributed by atoms with Crippen molar-refractivity contribution in [3.8, 4) is 0 Å². The van der Waals surface area contributed by atoms with Gasteiger partial charge in [0.05, 0.1) is 5.56 Å². The maximum atomic E-state index is 11.9. The molecule has 0 spiro atoms. The lowest BCUT2D eigenvalue weighted by atomic mass is 9.98. The van der Waals surface area contributed by atoms with Gasteiger partial charge in [0, 0.05) is 19.0 Å². The molecule has 1 aromatic rings. The smallest absolute Gasteiger partial charge is 0.335 e. The minimum Gasteiger partial charge on any atom is -0.478 e. The summed E-state index contributed by atoms with van der Waals surface area (Å²) in [5.41, 5.74) is 1.25. The van der Waals surface area contributed by atoms with Crippen LogP contribution in [0.5, 0.6) is 0 Å². The van der Waals surface area contributed by atoms with Crippen molar-refractivity contribution in [2.75, 3.05) is 6.54 Å².